The molecular formula is C18H27NS. The zero-order valence-electron chi connectivity index (χ0n) is 12.8. The summed E-state index contributed by atoms with van der Waals surface area (Å²) in [6, 6.07) is 9.30. The van der Waals surface area contributed by atoms with Crippen molar-refractivity contribution in [2.24, 2.45) is 11.8 Å². The molecule has 0 bridgehead atoms. The van der Waals surface area contributed by atoms with E-state index in [0.29, 0.717) is 6.04 Å². The quantitative estimate of drug-likeness (QED) is 0.541. The molecule has 0 aliphatic heterocycles. The second-order valence-electron chi connectivity index (χ2n) is 6.10. The van der Waals surface area contributed by atoms with Crippen LogP contribution in [-0.2, 0) is 0 Å². The van der Waals surface area contributed by atoms with E-state index < -0.39 is 0 Å². The van der Waals surface area contributed by atoms with E-state index in [1.165, 1.54) is 36.3 Å². The monoisotopic (exact) mass is 289 g/mol. The van der Waals surface area contributed by atoms with Gasteiger partial charge in [-0.1, -0.05) is 32.1 Å². The number of rotatable bonds is 6. The van der Waals surface area contributed by atoms with Crippen molar-refractivity contribution in [2.75, 3.05) is 11.1 Å². The Balaban J connectivity index is 1.92. The van der Waals surface area contributed by atoms with Gasteiger partial charge in [0.05, 0.1) is 0 Å². The molecule has 20 heavy (non-hydrogen) atoms. The molecule has 0 radical (unpaired) electrons. The predicted octanol–water partition coefficient (Wildman–Crippen LogP) is 5.59. The topological polar surface area (TPSA) is 12.0 Å². The summed E-state index contributed by atoms with van der Waals surface area (Å²) < 4.78 is 0. The summed E-state index contributed by atoms with van der Waals surface area (Å²) in [6.45, 7) is 8.53. The van der Waals surface area contributed by atoms with Crippen LogP contribution in [0.2, 0.25) is 0 Å². The maximum Gasteiger partial charge on any atom is 0.0480 e. The minimum Gasteiger partial charge on any atom is -0.381 e. The van der Waals surface area contributed by atoms with Crippen LogP contribution in [-0.4, -0.2) is 11.8 Å². The zero-order valence-corrected chi connectivity index (χ0v) is 13.6. The summed E-state index contributed by atoms with van der Waals surface area (Å²) in [7, 11) is 0. The Labute approximate surface area is 128 Å². The first-order chi connectivity index (χ1) is 9.70. The first-order valence-corrected chi connectivity index (χ1v) is 8.78. The number of hydrogen-bond donors (Lipinski definition) is 1. The van der Waals surface area contributed by atoms with Gasteiger partial charge in [-0.05, 0) is 49.7 Å². The molecule has 1 aliphatic rings. The summed E-state index contributed by atoms with van der Waals surface area (Å²) >= 11 is 1.86. The highest BCUT2D eigenvalue weighted by Gasteiger charge is 2.23. The van der Waals surface area contributed by atoms with E-state index in [1.54, 1.807) is 0 Å². The third-order valence-corrected chi connectivity index (χ3v) is 5.39. The molecule has 0 atom stereocenters. The lowest BCUT2D eigenvalue weighted by molar-refractivity contribution is 0.267. The lowest BCUT2D eigenvalue weighted by Crippen LogP contribution is -2.28. The van der Waals surface area contributed by atoms with Crippen LogP contribution in [0.1, 0.15) is 39.5 Å². The third-order valence-electron chi connectivity index (χ3n) is 4.32. The van der Waals surface area contributed by atoms with Gasteiger partial charge in [-0.3, -0.25) is 0 Å². The van der Waals surface area contributed by atoms with Gasteiger partial charge in [0, 0.05) is 22.4 Å². The van der Waals surface area contributed by atoms with Gasteiger partial charge >= 0.3 is 0 Å². The minimum absolute atomic E-state index is 0.649. The summed E-state index contributed by atoms with van der Waals surface area (Å²) in [4.78, 5) is 1.35. The van der Waals surface area contributed by atoms with E-state index in [9.17, 15) is 0 Å². The van der Waals surface area contributed by atoms with Gasteiger partial charge in [0.2, 0.25) is 0 Å². The standard InChI is InChI=1S/C18H27NS/c1-4-13-20-18-8-6-5-7-17(18)19-16-11-9-15(10-12-16)14(2)3/h4-8,14-16,19H,1,9-13H2,2-3H3. The Kier molecular flexibility index (Phi) is 6.03. The zero-order chi connectivity index (χ0) is 14.4. The largest absolute Gasteiger partial charge is 0.381 e. The van der Waals surface area contributed by atoms with E-state index in [-0.39, 0.29) is 0 Å². The Morgan fingerprint density at radius 1 is 1.25 bits per heavy atom. The molecule has 0 unspecified atom stereocenters. The first-order valence-electron chi connectivity index (χ1n) is 7.80. The average molecular weight is 289 g/mol. The highest BCUT2D eigenvalue weighted by molar-refractivity contribution is 7.99. The second kappa shape index (κ2) is 7.78. The number of anilines is 1. The average Bonchev–Trinajstić information content (AvgIpc) is 2.47. The summed E-state index contributed by atoms with van der Waals surface area (Å²) in [6.07, 6.45) is 7.33. The van der Waals surface area contributed by atoms with Crippen LogP contribution < -0.4 is 5.32 Å². The Morgan fingerprint density at radius 2 is 1.95 bits per heavy atom. The third kappa shape index (κ3) is 4.31. The van der Waals surface area contributed by atoms with Crippen molar-refractivity contribution in [3.8, 4) is 0 Å². The van der Waals surface area contributed by atoms with Crippen molar-refractivity contribution in [1.29, 1.82) is 0 Å². The van der Waals surface area contributed by atoms with Crippen LogP contribution in [0.4, 0.5) is 5.69 Å². The van der Waals surface area contributed by atoms with Crippen LogP contribution in [0.5, 0.6) is 0 Å². The van der Waals surface area contributed by atoms with Crippen LogP contribution in [0.25, 0.3) is 0 Å². The van der Waals surface area contributed by atoms with Crippen molar-refractivity contribution < 1.29 is 0 Å². The maximum absolute atomic E-state index is 3.80. The van der Waals surface area contributed by atoms with Crippen molar-refractivity contribution >= 4 is 17.4 Å². The van der Waals surface area contributed by atoms with Gasteiger partial charge in [0.1, 0.15) is 0 Å². The van der Waals surface area contributed by atoms with E-state index in [1.807, 2.05) is 17.8 Å². The number of benzene rings is 1. The lowest BCUT2D eigenvalue weighted by Gasteiger charge is -2.32. The van der Waals surface area contributed by atoms with Crippen molar-refractivity contribution in [2.45, 2.75) is 50.5 Å². The Bertz CT molecular complexity index is 419. The molecule has 0 heterocycles. The summed E-state index contributed by atoms with van der Waals surface area (Å²) in [5.41, 5.74) is 1.30. The fourth-order valence-electron chi connectivity index (χ4n) is 3.01. The molecule has 1 aromatic carbocycles. The van der Waals surface area contributed by atoms with Crippen LogP contribution in [0.3, 0.4) is 0 Å². The highest BCUT2D eigenvalue weighted by Crippen LogP contribution is 2.33. The highest BCUT2D eigenvalue weighted by atomic mass is 32.2. The van der Waals surface area contributed by atoms with Crippen molar-refractivity contribution in [1.82, 2.24) is 0 Å². The molecule has 1 aliphatic carbocycles. The van der Waals surface area contributed by atoms with Gasteiger partial charge < -0.3 is 5.32 Å². The van der Waals surface area contributed by atoms with E-state index in [4.69, 9.17) is 0 Å². The van der Waals surface area contributed by atoms with Crippen LogP contribution in [0, 0.1) is 11.8 Å². The van der Waals surface area contributed by atoms with Crippen molar-refractivity contribution in [3.05, 3.63) is 36.9 Å². The van der Waals surface area contributed by atoms with Gasteiger partial charge in [0.15, 0.2) is 0 Å². The normalized spacial score (nSPS) is 22.8. The van der Waals surface area contributed by atoms with Gasteiger partial charge in [-0.15, -0.1) is 18.3 Å². The molecule has 0 aromatic heterocycles. The van der Waals surface area contributed by atoms with E-state index in [0.717, 1.165) is 17.6 Å². The summed E-state index contributed by atoms with van der Waals surface area (Å²) in [5.74, 6) is 2.74. The molecule has 0 amide bonds. The maximum atomic E-state index is 3.80. The van der Waals surface area contributed by atoms with Crippen LogP contribution >= 0.6 is 11.8 Å². The fraction of sp³-hybridized carbons (Fsp3) is 0.556. The minimum atomic E-state index is 0.649. The Morgan fingerprint density at radius 3 is 2.60 bits per heavy atom. The molecule has 2 rings (SSSR count). The Hall–Kier alpha value is -0.890. The second-order valence-corrected chi connectivity index (χ2v) is 7.16. The fourth-order valence-corrected chi connectivity index (χ4v) is 3.77. The molecule has 2 heteroatoms. The van der Waals surface area contributed by atoms with E-state index >= 15 is 0 Å². The smallest absolute Gasteiger partial charge is 0.0480 e. The summed E-state index contributed by atoms with van der Waals surface area (Å²) in [5, 5.41) is 3.76. The molecule has 1 aromatic rings. The van der Waals surface area contributed by atoms with Gasteiger partial charge in [-0.2, -0.15) is 0 Å². The first kappa shape index (κ1) is 15.5. The SMILES string of the molecule is C=CCSc1ccccc1NC1CCC(C(C)C)CC1. The molecule has 1 N–H and O–H groups in total. The van der Waals surface area contributed by atoms with Crippen molar-refractivity contribution in [3.63, 3.8) is 0 Å². The molecule has 110 valence electrons. The molecule has 1 nitrogen and oxygen atoms in total. The number of nitrogens with one attached hydrogen (secondary N) is 1. The molecule has 1 saturated carbocycles. The number of para-hydroxylation sites is 1. The molecule has 0 saturated heterocycles. The van der Waals surface area contributed by atoms with Gasteiger partial charge in [-0.25, -0.2) is 0 Å². The lowest BCUT2D eigenvalue weighted by atomic mass is 9.79. The molecular weight excluding hydrogens is 262 g/mol. The predicted molar refractivity (Wildman–Crippen MR) is 91.6 cm³/mol. The van der Waals surface area contributed by atoms with Gasteiger partial charge in [0.25, 0.3) is 0 Å². The number of hydrogen-bond acceptors (Lipinski definition) is 2. The van der Waals surface area contributed by atoms with Crippen LogP contribution in [0.15, 0.2) is 41.8 Å². The van der Waals surface area contributed by atoms with E-state index in [2.05, 4.69) is 50.0 Å². The molecule has 1 fully saturated rings. The molecule has 0 spiro atoms. The number of thioether (sulfide) groups is 1.